The highest BCUT2D eigenvalue weighted by atomic mass is 15.0. The molecule has 44 heavy (non-hydrogen) atoms. The molecule has 6 nitrogen and oxygen atoms in total. The zero-order valence-corrected chi connectivity index (χ0v) is 24.1. The van der Waals surface area contributed by atoms with E-state index >= 15 is 0 Å². The van der Waals surface area contributed by atoms with Crippen LogP contribution in [0.1, 0.15) is 25.0 Å². The number of hydrogen-bond donors (Lipinski definition) is 0. The third kappa shape index (κ3) is 3.75. The summed E-state index contributed by atoms with van der Waals surface area (Å²) in [4.78, 5) is 21.9. The maximum atomic E-state index is 7.35. The molecule has 0 N–H and O–H groups in total. The average Bonchev–Trinajstić information content (AvgIpc) is 3.41. The molecule has 0 aliphatic carbocycles. The summed E-state index contributed by atoms with van der Waals surface area (Å²) >= 11 is 0. The number of benzene rings is 5. The van der Waals surface area contributed by atoms with E-state index in [1.807, 2.05) is 24.3 Å². The van der Waals surface area contributed by atoms with Gasteiger partial charge in [0.1, 0.15) is 0 Å². The van der Waals surface area contributed by atoms with Gasteiger partial charge in [-0.15, -0.1) is 0 Å². The van der Waals surface area contributed by atoms with Gasteiger partial charge in [-0.05, 0) is 35.4 Å². The predicted molar refractivity (Wildman–Crippen MR) is 175 cm³/mol. The van der Waals surface area contributed by atoms with E-state index in [0.29, 0.717) is 28.8 Å². The highest BCUT2D eigenvalue weighted by Gasteiger charge is 2.35. The van der Waals surface area contributed by atoms with Crippen LogP contribution in [0.25, 0.3) is 71.3 Å². The zero-order chi connectivity index (χ0) is 30.0. The molecule has 0 fully saturated rings. The number of rotatable bonds is 3. The van der Waals surface area contributed by atoms with Crippen molar-refractivity contribution in [3.63, 3.8) is 0 Å². The van der Waals surface area contributed by atoms with Gasteiger partial charge >= 0.3 is 0 Å². The normalized spacial score (nSPS) is 12.9. The Bertz CT molecular complexity index is 2290. The van der Waals surface area contributed by atoms with E-state index in [-0.39, 0.29) is 5.41 Å². The van der Waals surface area contributed by atoms with Crippen LogP contribution in [0.3, 0.4) is 0 Å². The second kappa shape index (κ2) is 9.46. The van der Waals surface area contributed by atoms with Crippen molar-refractivity contribution in [2.75, 3.05) is 0 Å². The fourth-order valence-corrected chi connectivity index (χ4v) is 6.43. The van der Waals surface area contributed by atoms with Gasteiger partial charge in [-0.2, -0.15) is 0 Å². The molecule has 206 valence electrons. The first-order chi connectivity index (χ1) is 21.5. The summed E-state index contributed by atoms with van der Waals surface area (Å²) in [6.45, 7) is 19.3. The Kier molecular flexibility index (Phi) is 5.50. The van der Waals surface area contributed by atoms with Gasteiger partial charge < -0.3 is 4.57 Å². The largest absolute Gasteiger partial charge is 0.309 e. The fraction of sp³-hybridized carbons (Fsp3) is 0.0789. The number of fused-ring (bicyclic) bond motifs is 5. The third-order valence-corrected chi connectivity index (χ3v) is 8.66. The molecule has 0 bridgehead atoms. The highest BCUT2D eigenvalue weighted by molar-refractivity contribution is 6.12. The summed E-state index contributed by atoms with van der Waals surface area (Å²) in [6.07, 6.45) is 0. The molecule has 0 saturated carbocycles. The van der Waals surface area contributed by atoms with E-state index in [9.17, 15) is 0 Å². The maximum absolute atomic E-state index is 7.35. The predicted octanol–water partition coefficient (Wildman–Crippen LogP) is 9.71. The van der Waals surface area contributed by atoms with E-state index in [1.165, 1.54) is 33.2 Å². The standard InChI is InChI=1S/C38H24N6/c1-38(2)30-10-6-8-12-33(30)44-32-11-7-5-9-28(32)29-21-25(22-31(38)34(29)44)37-42-35(23-13-17-26(39-3)18-14-23)41-36(43-37)24-15-19-27(40-4)20-16-24/h5-22H,1-2H3. The van der Waals surface area contributed by atoms with Gasteiger partial charge in [-0.25, -0.2) is 24.6 Å². The van der Waals surface area contributed by atoms with Crippen LogP contribution >= 0.6 is 0 Å². The number of hydrogen-bond acceptors (Lipinski definition) is 3. The third-order valence-electron chi connectivity index (χ3n) is 8.66. The Morgan fingerprint density at radius 1 is 0.568 bits per heavy atom. The van der Waals surface area contributed by atoms with Gasteiger partial charge in [0.25, 0.3) is 0 Å². The quantitative estimate of drug-likeness (QED) is 0.201. The lowest BCUT2D eigenvalue weighted by molar-refractivity contribution is 0.630. The lowest BCUT2D eigenvalue weighted by Gasteiger charge is -2.35. The second-order valence-electron chi connectivity index (χ2n) is 11.5. The molecule has 0 radical (unpaired) electrons. The Morgan fingerprint density at radius 3 is 1.73 bits per heavy atom. The Hall–Kier alpha value is -6.11. The molecule has 7 aromatic rings. The molecule has 6 heteroatoms. The first-order valence-electron chi connectivity index (χ1n) is 14.4. The average molecular weight is 565 g/mol. The van der Waals surface area contributed by atoms with Crippen LogP contribution in [0.5, 0.6) is 0 Å². The van der Waals surface area contributed by atoms with Crippen LogP contribution in [0.2, 0.25) is 0 Å². The minimum Gasteiger partial charge on any atom is -0.309 e. The summed E-state index contributed by atoms with van der Waals surface area (Å²) in [5, 5.41) is 2.33. The van der Waals surface area contributed by atoms with E-state index in [1.54, 1.807) is 24.3 Å². The van der Waals surface area contributed by atoms with Crippen molar-refractivity contribution in [3.05, 3.63) is 143 Å². The smallest absolute Gasteiger partial charge is 0.187 e. The number of nitrogens with zero attached hydrogens (tertiary/aromatic N) is 6. The summed E-state index contributed by atoms with van der Waals surface area (Å²) in [5.74, 6) is 1.62. The lowest BCUT2D eigenvalue weighted by atomic mass is 9.74. The van der Waals surface area contributed by atoms with E-state index in [0.717, 1.165) is 22.1 Å². The van der Waals surface area contributed by atoms with E-state index in [2.05, 4.69) is 88.8 Å². The molecular formula is C38H24N6. The molecule has 2 aromatic heterocycles. The number of para-hydroxylation sites is 2. The van der Waals surface area contributed by atoms with Gasteiger partial charge in [-0.3, -0.25) is 0 Å². The molecule has 1 aliphatic heterocycles. The first-order valence-corrected chi connectivity index (χ1v) is 14.4. The van der Waals surface area contributed by atoms with Gasteiger partial charge in [0.15, 0.2) is 28.8 Å². The molecule has 1 aliphatic rings. The minimum atomic E-state index is -0.265. The Balaban J connectivity index is 1.42. The van der Waals surface area contributed by atoms with E-state index in [4.69, 9.17) is 28.1 Å². The minimum absolute atomic E-state index is 0.265. The van der Waals surface area contributed by atoms with Crippen LogP contribution in [-0.2, 0) is 5.41 Å². The van der Waals surface area contributed by atoms with Crippen molar-refractivity contribution in [2.24, 2.45) is 0 Å². The molecule has 3 heterocycles. The SMILES string of the molecule is [C-]#[N+]c1ccc(-c2nc(-c3ccc([N+]#[C-])cc3)nc(-c3cc4c5c(c3)c3ccccc3n5-c3ccccc3C4(C)C)n2)cc1. The van der Waals surface area contributed by atoms with Crippen LogP contribution in [0, 0.1) is 13.1 Å². The van der Waals surface area contributed by atoms with Gasteiger partial charge in [0.05, 0.1) is 29.9 Å². The van der Waals surface area contributed by atoms with Crippen molar-refractivity contribution in [1.82, 2.24) is 19.5 Å². The van der Waals surface area contributed by atoms with Crippen molar-refractivity contribution < 1.29 is 0 Å². The molecule has 5 aromatic carbocycles. The van der Waals surface area contributed by atoms with Gasteiger partial charge in [0.2, 0.25) is 0 Å². The Morgan fingerprint density at radius 2 is 1.11 bits per heavy atom. The summed E-state index contributed by atoms with van der Waals surface area (Å²) < 4.78 is 2.40. The van der Waals surface area contributed by atoms with Gasteiger partial charge in [0, 0.05) is 32.9 Å². The van der Waals surface area contributed by atoms with Crippen molar-refractivity contribution in [2.45, 2.75) is 19.3 Å². The molecule has 0 unspecified atom stereocenters. The van der Waals surface area contributed by atoms with Crippen molar-refractivity contribution >= 4 is 33.2 Å². The zero-order valence-electron chi connectivity index (χ0n) is 24.1. The van der Waals surface area contributed by atoms with Crippen molar-refractivity contribution in [1.29, 1.82) is 0 Å². The van der Waals surface area contributed by atoms with Crippen LogP contribution < -0.4 is 0 Å². The van der Waals surface area contributed by atoms with Gasteiger partial charge in [-0.1, -0.05) is 98.8 Å². The molecule has 0 saturated heterocycles. The highest BCUT2D eigenvalue weighted by Crippen LogP contribution is 2.48. The molecule has 0 atom stereocenters. The molecular weight excluding hydrogens is 540 g/mol. The molecule has 0 amide bonds. The summed E-state index contributed by atoms with van der Waals surface area (Å²) in [6, 6.07) is 36.3. The van der Waals surface area contributed by atoms with Crippen LogP contribution in [0.4, 0.5) is 11.4 Å². The van der Waals surface area contributed by atoms with E-state index < -0.39 is 0 Å². The van der Waals surface area contributed by atoms with Crippen LogP contribution in [0.15, 0.2) is 109 Å². The summed E-state index contributed by atoms with van der Waals surface area (Å²) in [7, 11) is 0. The number of aromatic nitrogens is 4. The lowest BCUT2D eigenvalue weighted by Crippen LogP contribution is -2.26. The molecule has 8 rings (SSSR count). The molecule has 0 spiro atoms. The maximum Gasteiger partial charge on any atom is 0.187 e. The van der Waals surface area contributed by atoms with Crippen LogP contribution in [-0.4, -0.2) is 19.5 Å². The monoisotopic (exact) mass is 564 g/mol. The first kappa shape index (κ1) is 25.6. The second-order valence-corrected chi connectivity index (χ2v) is 11.5. The topological polar surface area (TPSA) is 52.3 Å². The summed E-state index contributed by atoms with van der Waals surface area (Å²) in [5.41, 5.74) is 9.42. The fourth-order valence-electron chi connectivity index (χ4n) is 6.43. The Labute approximate surface area is 254 Å². The van der Waals surface area contributed by atoms with Crippen molar-refractivity contribution in [3.8, 4) is 39.9 Å².